The Kier molecular flexibility index (Phi) is 5.58. The fourth-order valence-corrected chi connectivity index (χ4v) is 5.48. The van der Waals surface area contributed by atoms with Crippen molar-refractivity contribution in [3.63, 3.8) is 0 Å². The molecule has 6 nitrogen and oxygen atoms in total. The molecule has 1 saturated heterocycles. The summed E-state index contributed by atoms with van der Waals surface area (Å²) >= 11 is 0. The lowest BCUT2D eigenvalue weighted by Gasteiger charge is -2.47. The summed E-state index contributed by atoms with van der Waals surface area (Å²) in [5.41, 5.74) is 5.68. The molecule has 1 amide bonds. The van der Waals surface area contributed by atoms with Gasteiger partial charge in [0.25, 0.3) is 0 Å². The fourth-order valence-electron chi connectivity index (χ4n) is 5.48. The van der Waals surface area contributed by atoms with E-state index in [1.54, 1.807) is 7.11 Å². The lowest BCUT2D eigenvalue weighted by Crippen LogP contribution is -2.56. The van der Waals surface area contributed by atoms with Crippen LogP contribution in [0.5, 0.6) is 0 Å². The molecule has 1 heterocycles. The van der Waals surface area contributed by atoms with Crippen molar-refractivity contribution < 1.29 is 19.0 Å². The summed E-state index contributed by atoms with van der Waals surface area (Å²) in [6.07, 6.45) is 4.83. The summed E-state index contributed by atoms with van der Waals surface area (Å²) in [7, 11) is 1.71. The molecule has 6 heteroatoms. The SMILES string of the molecule is COC1C(OC(=O)N[C@H]2CC[C@H](N)CC2)CCC2(C)OC(C)C(C)(C)C12. The van der Waals surface area contributed by atoms with Crippen molar-refractivity contribution in [1.29, 1.82) is 0 Å². The van der Waals surface area contributed by atoms with E-state index < -0.39 is 0 Å². The first-order valence-electron chi connectivity index (χ1n) is 10.1. The van der Waals surface area contributed by atoms with E-state index in [-0.39, 0.29) is 53.4 Å². The molecule has 5 unspecified atom stereocenters. The molecule has 5 atom stereocenters. The Morgan fingerprint density at radius 1 is 1.15 bits per heavy atom. The summed E-state index contributed by atoms with van der Waals surface area (Å²) in [5.74, 6) is 0.189. The van der Waals surface area contributed by atoms with Gasteiger partial charge >= 0.3 is 6.09 Å². The van der Waals surface area contributed by atoms with Gasteiger partial charge in [-0.2, -0.15) is 0 Å². The average Bonchev–Trinajstić information content (AvgIpc) is 2.76. The lowest BCUT2D eigenvalue weighted by molar-refractivity contribution is -0.148. The van der Waals surface area contributed by atoms with Gasteiger partial charge in [-0.3, -0.25) is 0 Å². The zero-order valence-electron chi connectivity index (χ0n) is 16.9. The highest BCUT2D eigenvalue weighted by molar-refractivity contribution is 5.67. The molecule has 0 aromatic carbocycles. The minimum absolute atomic E-state index is 0.0343. The summed E-state index contributed by atoms with van der Waals surface area (Å²) in [6, 6.07) is 0.438. The number of fused-ring (bicyclic) bond motifs is 1. The van der Waals surface area contributed by atoms with Crippen LogP contribution in [0.15, 0.2) is 0 Å². The van der Waals surface area contributed by atoms with Crippen LogP contribution in [-0.2, 0) is 14.2 Å². The van der Waals surface area contributed by atoms with Crippen molar-refractivity contribution in [1.82, 2.24) is 5.32 Å². The Balaban J connectivity index is 1.64. The maximum absolute atomic E-state index is 12.5. The number of hydrogen-bond acceptors (Lipinski definition) is 5. The van der Waals surface area contributed by atoms with Gasteiger partial charge in [0.2, 0.25) is 0 Å². The molecule has 1 aliphatic heterocycles. The number of carbonyl (C=O) groups is 1. The van der Waals surface area contributed by atoms with Crippen molar-refractivity contribution in [3.8, 4) is 0 Å². The number of nitrogens with two attached hydrogens (primary N) is 1. The Hall–Kier alpha value is -0.850. The van der Waals surface area contributed by atoms with E-state index in [1.165, 1.54) is 0 Å². The van der Waals surface area contributed by atoms with Crippen molar-refractivity contribution in [2.45, 2.75) is 102 Å². The van der Waals surface area contributed by atoms with Crippen LogP contribution in [0, 0.1) is 11.3 Å². The van der Waals surface area contributed by atoms with Crippen LogP contribution in [0.4, 0.5) is 4.79 Å². The lowest BCUT2D eigenvalue weighted by atomic mass is 9.62. The highest BCUT2D eigenvalue weighted by Gasteiger charge is 2.62. The number of nitrogens with one attached hydrogen (secondary N) is 1. The maximum Gasteiger partial charge on any atom is 0.407 e. The predicted molar refractivity (Wildman–Crippen MR) is 99.9 cm³/mol. The first kappa shape index (κ1) is 19.9. The van der Waals surface area contributed by atoms with Crippen LogP contribution >= 0.6 is 0 Å². The third kappa shape index (κ3) is 3.60. The Morgan fingerprint density at radius 3 is 2.42 bits per heavy atom. The molecule has 0 spiro atoms. The smallest absolute Gasteiger partial charge is 0.407 e. The number of hydrogen-bond donors (Lipinski definition) is 2. The minimum atomic E-state index is -0.328. The van der Waals surface area contributed by atoms with Crippen LogP contribution in [0.25, 0.3) is 0 Å². The highest BCUT2D eigenvalue weighted by atomic mass is 16.6. The van der Waals surface area contributed by atoms with Gasteiger partial charge in [0, 0.05) is 25.1 Å². The molecule has 3 aliphatic rings. The normalized spacial score (nSPS) is 45.0. The van der Waals surface area contributed by atoms with Crippen LogP contribution in [0.2, 0.25) is 0 Å². The number of ether oxygens (including phenoxy) is 3. The minimum Gasteiger partial charge on any atom is -0.443 e. The molecule has 0 radical (unpaired) electrons. The fraction of sp³-hybridized carbons (Fsp3) is 0.950. The van der Waals surface area contributed by atoms with Crippen molar-refractivity contribution in [3.05, 3.63) is 0 Å². The molecule has 150 valence electrons. The molecule has 2 aliphatic carbocycles. The zero-order chi connectivity index (χ0) is 19.1. The Morgan fingerprint density at radius 2 is 1.81 bits per heavy atom. The summed E-state index contributed by atoms with van der Waals surface area (Å²) in [5, 5.41) is 3.03. The summed E-state index contributed by atoms with van der Waals surface area (Å²) in [6.45, 7) is 8.77. The van der Waals surface area contributed by atoms with E-state index in [4.69, 9.17) is 19.9 Å². The zero-order valence-corrected chi connectivity index (χ0v) is 16.9. The topological polar surface area (TPSA) is 82.8 Å². The number of carbonyl (C=O) groups excluding carboxylic acids is 1. The Bertz CT molecular complexity index is 518. The van der Waals surface area contributed by atoms with Gasteiger partial charge in [0.15, 0.2) is 0 Å². The van der Waals surface area contributed by atoms with Crippen molar-refractivity contribution >= 4 is 6.09 Å². The third-order valence-electron chi connectivity index (χ3n) is 7.20. The molecule has 2 saturated carbocycles. The molecule has 0 aromatic heterocycles. The van der Waals surface area contributed by atoms with Crippen LogP contribution in [-0.4, -0.2) is 49.2 Å². The second-order valence-electron chi connectivity index (χ2n) is 9.31. The number of rotatable bonds is 3. The quantitative estimate of drug-likeness (QED) is 0.800. The van der Waals surface area contributed by atoms with E-state index in [9.17, 15) is 4.79 Å². The monoisotopic (exact) mass is 368 g/mol. The molecule has 0 bridgehead atoms. The van der Waals surface area contributed by atoms with Crippen LogP contribution < -0.4 is 11.1 Å². The molecule has 26 heavy (non-hydrogen) atoms. The first-order chi connectivity index (χ1) is 12.2. The highest BCUT2D eigenvalue weighted by Crippen LogP contribution is 2.56. The summed E-state index contributed by atoms with van der Waals surface area (Å²) in [4.78, 5) is 12.5. The maximum atomic E-state index is 12.5. The molecular formula is C20H36N2O4. The van der Waals surface area contributed by atoms with E-state index in [2.05, 4.69) is 33.0 Å². The van der Waals surface area contributed by atoms with Gasteiger partial charge < -0.3 is 25.3 Å². The average molecular weight is 369 g/mol. The van der Waals surface area contributed by atoms with Gasteiger partial charge in [0.05, 0.1) is 11.7 Å². The molecule has 3 rings (SSSR count). The van der Waals surface area contributed by atoms with Gasteiger partial charge in [-0.05, 0) is 57.8 Å². The Labute approximate surface area is 157 Å². The largest absolute Gasteiger partial charge is 0.443 e. The second kappa shape index (κ2) is 7.28. The van der Waals surface area contributed by atoms with E-state index >= 15 is 0 Å². The van der Waals surface area contributed by atoms with E-state index in [1.807, 2.05) is 0 Å². The second-order valence-corrected chi connectivity index (χ2v) is 9.31. The molecular weight excluding hydrogens is 332 g/mol. The van der Waals surface area contributed by atoms with Crippen LogP contribution in [0.1, 0.15) is 66.2 Å². The first-order valence-corrected chi connectivity index (χ1v) is 10.1. The van der Waals surface area contributed by atoms with Gasteiger partial charge in [-0.1, -0.05) is 13.8 Å². The summed E-state index contributed by atoms with van der Waals surface area (Å²) < 4.78 is 18.1. The van der Waals surface area contributed by atoms with E-state index in [0.29, 0.717) is 0 Å². The van der Waals surface area contributed by atoms with Gasteiger partial charge in [0.1, 0.15) is 12.2 Å². The molecule has 0 aromatic rings. The molecule has 3 N–H and O–H groups in total. The number of amides is 1. The van der Waals surface area contributed by atoms with Crippen LogP contribution in [0.3, 0.4) is 0 Å². The molecule has 3 fully saturated rings. The number of alkyl carbamates (subject to hydrolysis) is 1. The van der Waals surface area contributed by atoms with Gasteiger partial charge in [-0.25, -0.2) is 4.79 Å². The third-order valence-corrected chi connectivity index (χ3v) is 7.20. The number of methoxy groups -OCH3 is 1. The predicted octanol–water partition coefficient (Wildman–Crippen LogP) is 2.98. The van der Waals surface area contributed by atoms with E-state index in [0.717, 1.165) is 38.5 Å². The van der Waals surface area contributed by atoms with Crippen molar-refractivity contribution in [2.75, 3.05) is 7.11 Å². The standard InChI is InChI=1S/C20H36N2O4/c1-12-19(2,3)17-16(24-5)15(10-11-20(17,4)26-12)25-18(23)22-14-8-6-13(21)7-9-14/h12-17H,6-11,21H2,1-5H3,(H,22,23)/t12?,13-,14-,15?,16?,17?,20?. The van der Waals surface area contributed by atoms with Gasteiger partial charge in [-0.15, -0.1) is 0 Å². The van der Waals surface area contributed by atoms with Crippen molar-refractivity contribution in [2.24, 2.45) is 17.1 Å².